The Balaban J connectivity index is 5.38. The van der Waals surface area contributed by atoms with Crippen LogP contribution >= 0.6 is 15.6 Å². The molecule has 0 amide bonds. The summed E-state index contributed by atoms with van der Waals surface area (Å²) in [4.78, 5) is 73.0. The highest BCUT2D eigenvalue weighted by atomic mass is 31.2. The van der Waals surface area contributed by atoms with E-state index >= 15 is 0 Å². The maximum atomic E-state index is 13.1. The van der Waals surface area contributed by atoms with Gasteiger partial charge in [0.1, 0.15) is 19.3 Å². The molecule has 0 rings (SSSR count). The van der Waals surface area contributed by atoms with Crippen LogP contribution in [0.3, 0.4) is 0 Å². The van der Waals surface area contributed by atoms with E-state index in [9.17, 15) is 43.2 Å². The molecule has 0 aromatic rings. The minimum atomic E-state index is -4.98. The molecule has 0 bridgehead atoms. The van der Waals surface area contributed by atoms with Crippen LogP contribution in [0, 0.1) is 0 Å². The molecule has 17 nitrogen and oxygen atoms in total. The van der Waals surface area contributed by atoms with Gasteiger partial charge >= 0.3 is 39.5 Å². The number of rotatable bonds is 75. The van der Waals surface area contributed by atoms with Crippen molar-refractivity contribution in [3.8, 4) is 0 Å². The molecule has 0 aliphatic heterocycles. The Labute approximate surface area is 608 Å². The van der Waals surface area contributed by atoms with Gasteiger partial charge in [-0.1, -0.05) is 267 Å². The number of esters is 4. The summed E-state index contributed by atoms with van der Waals surface area (Å²) in [7, 11) is -9.96. The lowest BCUT2D eigenvalue weighted by Crippen LogP contribution is -2.30. The molecule has 19 heteroatoms. The van der Waals surface area contributed by atoms with Crippen molar-refractivity contribution in [2.75, 3.05) is 39.6 Å². The molecule has 100 heavy (non-hydrogen) atoms. The van der Waals surface area contributed by atoms with Gasteiger partial charge in [0.05, 0.1) is 26.4 Å². The number of aliphatic hydroxyl groups excluding tert-OH is 1. The molecular formula is C81H144O17P2. The Morgan fingerprint density at radius 3 is 0.840 bits per heavy atom. The molecule has 0 fully saturated rings. The Hall–Kier alpha value is -3.76. The average molecular weight is 1450 g/mol. The van der Waals surface area contributed by atoms with Crippen LogP contribution in [0.4, 0.5) is 0 Å². The Kier molecular flexibility index (Phi) is 70.8. The third kappa shape index (κ3) is 72.6. The van der Waals surface area contributed by atoms with Gasteiger partial charge in [-0.2, -0.15) is 0 Å². The average Bonchev–Trinajstić information content (AvgIpc) is 1.01. The summed E-state index contributed by atoms with van der Waals surface area (Å²) in [6.07, 6.45) is 75.5. The number of carbonyl (C=O) groups excluding carboxylic acids is 4. The number of aliphatic hydroxyl groups is 1. The molecule has 0 saturated carbocycles. The maximum Gasteiger partial charge on any atom is 0.472 e. The predicted molar refractivity (Wildman–Crippen MR) is 409 cm³/mol. The van der Waals surface area contributed by atoms with Gasteiger partial charge in [-0.15, -0.1) is 0 Å². The maximum absolute atomic E-state index is 13.1. The topological polar surface area (TPSA) is 237 Å². The summed E-state index contributed by atoms with van der Waals surface area (Å²) in [6, 6.07) is 0. The van der Waals surface area contributed by atoms with Crippen molar-refractivity contribution in [2.24, 2.45) is 0 Å². The van der Waals surface area contributed by atoms with E-state index in [0.29, 0.717) is 25.7 Å². The highest BCUT2D eigenvalue weighted by Crippen LogP contribution is 2.45. The van der Waals surface area contributed by atoms with Gasteiger partial charge in [0.15, 0.2) is 12.2 Å². The van der Waals surface area contributed by atoms with E-state index in [1.54, 1.807) is 0 Å². The van der Waals surface area contributed by atoms with E-state index < -0.39 is 97.5 Å². The molecular weight excluding hydrogens is 1310 g/mol. The van der Waals surface area contributed by atoms with Gasteiger partial charge in [0.25, 0.3) is 0 Å². The minimum absolute atomic E-state index is 0.0766. The monoisotopic (exact) mass is 1450 g/mol. The van der Waals surface area contributed by atoms with Crippen LogP contribution in [-0.2, 0) is 65.4 Å². The third-order valence-electron chi connectivity index (χ3n) is 16.8. The Bertz CT molecular complexity index is 2230. The van der Waals surface area contributed by atoms with Crippen molar-refractivity contribution in [3.05, 3.63) is 85.1 Å². The Morgan fingerprint density at radius 2 is 0.520 bits per heavy atom. The van der Waals surface area contributed by atoms with E-state index in [0.717, 1.165) is 167 Å². The fraction of sp³-hybridized carbons (Fsp3) is 0.778. The van der Waals surface area contributed by atoms with Crippen molar-refractivity contribution >= 4 is 39.5 Å². The number of hydrogen-bond donors (Lipinski definition) is 3. The van der Waals surface area contributed by atoms with Crippen LogP contribution in [0.5, 0.6) is 0 Å². The summed E-state index contributed by atoms with van der Waals surface area (Å²) in [5, 5.41) is 10.6. The molecule has 0 heterocycles. The molecule has 2 unspecified atom stereocenters. The van der Waals surface area contributed by atoms with Crippen LogP contribution in [-0.4, -0.2) is 96.7 Å². The highest BCUT2D eigenvalue weighted by molar-refractivity contribution is 7.47. The smallest absolute Gasteiger partial charge is 0.462 e. The first-order chi connectivity index (χ1) is 48.7. The fourth-order valence-electron chi connectivity index (χ4n) is 10.7. The second-order valence-electron chi connectivity index (χ2n) is 26.7. The second kappa shape index (κ2) is 73.5. The van der Waals surface area contributed by atoms with Crippen molar-refractivity contribution in [2.45, 2.75) is 367 Å². The van der Waals surface area contributed by atoms with Crippen LogP contribution in [0.15, 0.2) is 85.1 Å². The van der Waals surface area contributed by atoms with Gasteiger partial charge < -0.3 is 33.8 Å². The summed E-state index contributed by atoms with van der Waals surface area (Å²) in [6.45, 7) is 4.78. The van der Waals surface area contributed by atoms with Crippen molar-refractivity contribution in [1.29, 1.82) is 0 Å². The van der Waals surface area contributed by atoms with Gasteiger partial charge in [0.2, 0.25) is 0 Å². The third-order valence-corrected chi connectivity index (χ3v) is 18.7. The summed E-state index contributed by atoms with van der Waals surface area (Å²) in [5.74, 6) is -2.21. The fourth-order valence-corrected chi connectivity index (χ4v) is 12.3. The molecule has 580 valence electrons. The molecule has 0 aromatic carbocycles. The van der Waals surface area contributed by atoms with E-state index in [1.807, 2.05) is 0 Å². The zero-order valence-corrected chi connectivity index (χ0v) is 65.2. The van der Waals surface area contributed by atoms with Crippen LogP contribution in [0.25, 0.3) is 0 Å². The minimum Gasteiger partial charge on any atom is -0.462 e. The molecule has 0 spiro atoms. The van der Waals surface area contributed by atoms with Gasteiger partial charge in [0, 0.05) is 25.7 Å². The van der Waals surface area contributed by atoms with Crippen LogP contribution in [0.2, 0.25) is 0 Å². The second-order valence-corrected chi connectivity index (χ2v) is 29.6. The van der Waals surface area contributed by atoms with Gasteiger partial charge in [-0.3, -0.25) is 37.3 Å². The quantitative estimate of drug-likeness (QED) is 0.0128. The predicted octanol–water partition coefficient (Wildman–Crippen LogP) is 23.0. The van der Waals surface area contributed by atoms with Crippen molar-refractivity contribution < 1.29 is 80.2 Å². The molecule has 3 N–H and O–H groups in total. The molecule has 0 aliphatic carbocycles. The molecule has 0 radical (unpaired) electrons. The van der Waals surface area contributed by atoms with Crippen molar-refractivity contribution in [1.82, 2.24) is 0 Å². The largest absolute Gasteiger partial charge is 0.472 e. The van der Waals surface area contributed by atoms with Gasteiger partial charge in [-0.05, 0) is 141 Å². The summed E-state index contributed by atoms with van der Waals surface area (Å²) < 4.78 is 68.6. The number of hydrogen-bond acceptors (Lipinski definition) is 15. The first-order valence-electron chi connectivity index (χ1n) is 39.8. The number of phosphoric ester groups is 2. The van der Waals surface area contributed by atoms with Crippen LogP contribution < -0.4 is 0 Å². The number of phosphoric acid groups is 2. The highest BCUT2D eigenvalue weighted by Gasteiger charge is 2.30. The summed E-state index contributed by atoms with van der Waals surface area (Å²) in [5.41, 5.74) is 0. The standard InChI is InChI=1S/C81H144O17P2/c1-5-9-13-17-21-25-29-33-37-41-45-49-53-57-61-65-78(83)91-71-76(97-80(85)67-63-59-55-51-47-43-39-35-31-27-23-19-15-11-7-3)73-95-99(87,88)93-69-75(82)70-94-100(89,90)96-74-77(98-81(86)68-64-60-56-52-48-44-40-36-32-28-24-20-16-12-8-4)72-92-79(84)66-62-58-54-50-46-42-38-34-30-26-22-18-14-10-6-2/h21,23,25,27-28,32-40,75-77,82H,5-20,22,24,26,29-31,41-74H2,1-4H3,(H,87,88)(H,89,90)/b25-21-,27-23-,32-28-,37-33-,38-34-,39-35-,40-36-/t75-,76-,77-/m1/s1. The lowest BCUT2D eigenvalue weighted by Gasteiger charge is -2.21. The van der Waals surface area contributed by atoms with E-state index in [4.69, 9.17) is 37.0 Å². The normalized spacial score (nSPS) is 14.3. The number of carbonyl (C=O) groups is 4. The van der Waals surface area contributed by atoms with Crippen LogP contribution in [0.1, 0.15) is 349 Å². The van der Waals surface area contributed by atoms with E-state index in [2.05, 4.69) is 113 Å². The SMILES string of the molecule is CCCCC/C=C\C/C=C\CCCCCCCC(=O)OC[C@H](COP(=O)(O)OC[C@@H](O)COP(=O)(O)OC[C@@H](COC(=O)CCCCCCC/C=C\CCCCCCCC)OC(=O)CCCCCCC/C=C\C=C/CCCCCC)OC(=O)CCCCCCC/C=C\C/C=C\CCCCC. The van der Waals surface area contributed by atoms with E-state index in [1.165, 1.54) is 103 Å². The number of unbranched alkanes of at least 4 members (excludes halogenated alkanes) is 36. The van der Waals surface area contributed by atoms with Crippen molar-refractivity contribution in [3.63, 3.8) is 0 Å². The lowest BCUT2D eigenvalue weighted by molar-refractivity contribution is -0.161. The molecule has 0 saturated heterocycles. The summed E-state index contributed by atoms with van der Waals surface area (Å²) >= 11 is 0. The lowest BCUT2D eigenvalue weighted by atomic mass is 10.1. The first-order valence-corrected chi connectivity index (χ1v) is 42.8. The molecule has 0 aliphatic rings. The number of ether oxygens (including phenoxy) is 4. The molecule has 5 atom stereocenters. The molecule has 0 aromatic heterocycles. The van der Waals surface area contributed by atoms with E-state index in [-0.39, 0.29) is 25.7 Å². The zero-order chi connectivity index (χ0) is 73.2. The number of allylic oxidation sites excluding steroid dienone is 14. The van der Waals surface area contributed by atoms with Gasteiger partial charge in [-0.25, -0.2) is 9.13 Å². The Morgan fingerprint density at radius 1 is 0.290 bits per heavy atom. The zero-order valence-electron chi connectivity index (χ0n) is 63.4. The first kappa shape index (κ1) is 96.2.